The van der Waals surface area contributed by atoms with Crippen LogP contribution in [0.5, 0.6) is 5.75 Å². The third-order valence-electron chi connectivity index (χ3n) is 7.92. The van der Waals surface area contributed by atoms with Gasteiger partial charge >= 0.3 is 0 Å². The Morgan fingerprint density at radius 1 is 0.971 bits per heavy atom. The number of benzene rings is 2. The molecule has 0 radical (unpaired) electrons. The predicted octanol–water partition coefficient (Wildman–Crippen LogP) is 4.07. The number of rotatable bonds is 7. The molecule has 0 saturated carbocycles. The van der Waals surface area contributed by atoms with Gasteiger partial charge < -0.3 is 15.3 Å². The number of phenolic OH excluding ortho intramolecular Hbond substituents is 1. The lowest BCUT2D eigenvalue weighted by Crippen LogP contribution is -2.51. The predicted molar refractivity (Wildman–Crippen MR) is 143 cm³/mol. The summed E-state index contributed by atoms with van der Waals surface area (Å²) >= 11 is 0. The zero-order chi connectivity index (χ0) is 23.5. The summed E-state index contributed by atoms with van der Waals surface area (Å²) in [5.41, 5.74) is 6.42. The number of fused-ring (bicyclic) bond motifs is 1. The van der Waals surface area contributed by atoms with Gasteiger partial charge in [-0.3, -0.25) is 9.80 Å². The Morgan fingerprint density at radius 3 is 2.53 bits per heavy atom. The standard InChI is InChI=1S/C29H40N4O/c1-22(2)32-16-14-31(15-17-32)13-10-30-27-8-11-33(12-9-27)28-5-3-4-23(20-28)25-18-24-6-7-29(34)21-26(24)19-25/h3-7,19-22,27,30,34H,8-18H2,1-2H3. The van der Waals surface area contributed by atoms with Crippen molar-refractivity contribution in [2.75, 3.05) is 57.3 Å². The third-order valence-corrected chi connectivity index (χ3v) is 7.92. The van der Waals surface area contributed by atoms with E-state index in [4.69, 9.17) is 0 Å². The summed E-state index contributed by atoms with van der Waals surface area (Å²) in [4.78, 5) is 7.74. The molecule has 0 unspecified atom stereocenters. The summed E-state index contributed by atoms with van der Waals surface area (Å²) in [7, 11) is 0. The van der Waals surface area contributed by atoms with E-state index in [9.17, 15) is 5.11 Å². The monoisotopic (exact) mass is 460 g/mol. The van der Waals surface area contributed by atoms with Crippen LogP contribution < -0.4 is 10.2 Å². The fourth-order valence-corrected chi connectivity index (χ4v) is 5.68. The minimum Gasteiger partial charge on any atom is -0.508 e. The molecule has 0 spiro atoms. The van der Waals surface area contributed by atoms with Crippen LogP contribution in [0.2, 0.25) is 0 Å². The highest BCUT2D eigenvalue weighted by atomic mass is 16.3. The topological polar surface area (TPSA) is 42.0 Å². The van der Waals surface area contributed by atoms with Crippen LogP contribution in [-0.4, -0.2) is 79.3 Å². The second-order valence-corrected chi connectivity index (χ2v) is 10.5. The highest BCUT2D eigenvalue weighted by molar-refractivity contribution is 5.89. The molecular weight excluding hydrogens is 420 g/mol. The summed E-state index contributed by atoms with van der Waals surface area (Å²) < 4.78 is 0. The van der Waals surface area contributed by atoms with Crippen molar-refractivity contribution in [3.63, 3.8) is 0 Å². The molecule has 0 aromatic heterocycles. The van der Waals surface area contributed by atoms with E-state index in [0.29, 0.717) is 17.8 Å². The van der Waals surface area contributed by atoms with E-state index in [-0.39, 0.29) is 0 Å². The van der Waals surface area contributed by atoms with Gasteiger partial charge in [0.1, 0.15) is 5.75 Å². The van der Waals surface area contributed by atoms with Gasteiger partial charge in [-0.1, -0.05) is 24.3 Å². The van der Waals surface area contributed by atoms with E-state index in [0.717, 1.165) is 31.6 Å². The number of piperidine rings is 1. The zero-order valence-electron chi connectivity index (χ0n) is 20.8. The van der Waals surface area contributed by atoms with E-state index in [1.807, 2.05) is 12.1 Å². The van der Waals surface area contributed by atoms with E-state index >= 15 is 0 Å². The number of aromatic hydroxyl groups is 1. The molecule has 2 aromatic carbocycles. The molecule has 5 heteroatoms. The molecule has 1 aliphatic carbocycles. The second kappa shape index (κ2) is 10.5. The Labute approximate surface area is 205 Å². The summed E-state index contributed by atoms with van der Waals surface area (Å²) in [5.74, 6) is 0.343. The van der Waals surface area contributed by atoms with Crippen LogP contribution in [0, 0.1) is 0 Å². The first-order valence-electron chi connectivity index (χ1n) is 13.1. The number of hydrogen-bond donors (Lipinski definition) is 2. The highest BCUT2D eigenvalue weighted by Gasteiger charge is 2.22. The highest BCUT2D eigenvalue weighted by Crippen LogP contribution is 2.34. The van der Waals surface area contributed by atoms with Crippen LogP contribution in [0.1, 0.15) is 43.4 Å². The number of hydrogen-bond acceptors (Lipinski definition) is 5. The molecule has 34 heavy (non-hydrogen) atoms. The molecule has 2 heterocycles. The molecular formula is C29H40N4O. The average Bonchev–Trinajstić information content (AvgIpc) is 3.28. The molecule has 0 atom stereocenters. The van der Waals surface area contributed by atoms with E-state index < -0.39 is 0 Å². The van der Waals surface area contributed by atoms with Gasteiger partial charge in [-0.25, -0.2) is 0 Å². The molecule has 0 bridgehead atoms. The first kappa shape index (κ1) is 23.4. The Hall–Kier alpha value is -2.34. The molecule has 2 N–H and O–H groups in total. The lowest BCUT2D eigenvalue weighted by atomic mass is 10.0. The normalized spacial score (nSPS) is 20.1. The lowest BCUT2D eigenvalue weighted by Gasteiger charge is -2.37. The van der Waals surface area contributed by atoms with Crippen molar-refractivity contribution in [1.29, 1.82) is 0 Å². The molecule has 5 rings (SSSR count). The maximum atomic E-state index is 9.79. The van der Waals surface area contributed by atoms with Gasteiger partial charge in [-0.05, 0) is 79.6 Å². The Kier molecular flexibility index (Phi) is 7.23. The first-order chi connectivity index (χ1) is 16.5. The molecule has 2 aromatic rings. The number of piperazine rings is 1. The molecule has 2 saturated heterocycles. The van der Waals surface area contributed by atoms with Crippen molar-refractivity contribution in [3.05, 3.63) is 59.2 Å². The average molecular weight is 461 g/mol. The fraction of sp³-hybridized carbons (Fsp3) is 0.517. The van der Waals surface area contributed by atoms with Crippen LogP contribution >= 0.6 is 0 Å². The number of anilines is 1. The van der Waals surface area contributed by atoms with Gasteiger partial charge in [-0.2, -0.15) is 0 Å². The molecule has 2 aliphatic heterocycles. The van der Waals surface area contributed by atoms with Gasteiger partial charge in [0.05, 0.1) is 0 Å². The molecule has 182 valence electrons. The van der Waals surface area contributed by atoms with E-state index in [1.165, 1.54) is 68.0 Å². The van der Waals surface area contributed by atoms with Gasteiger partial charge in [0, 0.05) is 70.1 Å². The van der Waals surface area contributed by atoms with Crippen LogP contribution in [0.15, 0.2) is 42.5 Å². The minimum atomic E-state index is 0.343. The fourth-order valence-electron chi connectivity index (χ4n) is 5.68. The van der Waals surface area contributed by atoms with Crippen molar-refractivity contribution in [3.8, 4) is 5.75 Å². The molecule has 5 nitrogen and oxygen atoms in total. The largest absolute Gasteiger partial charge is 0.508 e. The van der Waals surface area contributed by atoms with Crippen LogP contribution in [0.3, 0.4) is 0 Å². The second-order valence-electron chi connectivity index (χ2n) is 10.5. The van der Waals surface area contributed by atoms with Crippen LogP contribution in [0.4, 0.5) is 5.69 Å². The first-order valence-corrected chi connectivity index (χ1v) is 13.1. The van der Waals surface area contributed by atoms with Crippen molar-refractivity contribution in [2.24, 2.45) is 0 Å². The zero-order valence-corrected chi connectivity index (χ0v) is 20.8. The number of nitrogens with one attached hydrogen (secondary N) is 1. The summed E-state index contributed by atoms with van der Waals surface area (Å²) in [6.07, 6.45) is 5.59. The van der Waals surface area contributed by atoms with Gasteiger partial charge in [0.15, 0.2) is 0 Å². The quantitative estimate of drug-likeness (QED) is 0.652. The molecule has 0 amide bonds. The Bertz CT molecular complexity index is 1000. The van der Waals surface area contributed by atoms with Gasteiger partial charge in [-0.15, -0.1) is 0 Å². The minimum absolute atomic E-state index is 0.343. The van der Waals surface area contributed by atoms with E-state index in [2.05, 4.69) is 64.2 Å². The maximum Gasteiger partial charge on any atom is 0.116 e. The summed E-state index contributed by atoms with van der Waals surface area (Å²) in [6, 6.07) is 16.0. The smallest absolute Gasteiger partial charge is 0.116 e. The number of allylic oxidation sites excluding steroid dienone is 1. The molecule has 2 fully saturated rings. The summed E-state index contributed by atoms with van der Waals surface area (Å²) in [6.45, 7) is 13.9. The SMILES string of the molecule is CC(C)N1CCN(CCNC2CCN(c3cccc(C4=Cc5cc(O)ccc5C4)c3)CC2)CC1. The molecule has 3 aliphatic rings. The number of phenols is 1. The van der Waals surface area contributed by atoms with Gasteiger partial charge in [0.25, 0.3) is 0 Å². The van der Waals surface area contributed by atoms with Crippen molar-refractivity contribution in [2.45, 2.75) is 45.2 Å². The number of nitrogens with zero attached hydrogens (tertiary/aromatic N) is 3. The van der Waals surface area contributed by atoms with Crippen LogP contribution in [0.25, 0.3) is 11.6 Å². The lowest BCUT2D eigenvalue weighted by molar-refractivity contribution is 0.108. The van der Waals surface area contributed by atoms with Crippen molar-refractivity contribution >= 4 is 17.3 Å². The Morgan fingerprint density at radius 2 is 1.76 bits per heavy atom. The van der Waals surface area contributed by atoms with E-state index in [1.54, 1.807) is 6.07 Å². The Balaban J connectivity index is 1.08. The maximum absolute atomic E-state index is 9.79. The third kappa shape index (κ3) is 5.48. The summed E-state index contributed by atoms with van der Waals surface area (Å²) in [5, 5.41) is 13.6. The van der Waals surface area contributed by atoms with Crippen molar-refractivity contribution < 1.29 is 5.11 Å². The van der Waals surface area contributed by atoms with Gasteiger partial charge in [0.2, 0.25) is 0 Å². The van der Waals surface area contributed by atoms with Crippen molar-refractivity contribution in [1.82, 2.24) is 15.1 Å². The van der Waals surface area contributed by atoms with Crippen LogP contribution in [-0.2, 0) is 6.42 Å².